The first kappa shape index (κ1) is 22.1. The zero-order chi connectivity index (χ0) is 21.7. The van der Waals surface area contributed by atoms with Crippen LogP contribution in [0.15, 0.2) is 47.4 Å². The van der Waals surface area contributed by atoms with Crippen molar-refractivity contribution in [3.05, 3.63) is 63.5 Å². The summed E-state index contributed by atoms with van der Waals surface area (Å²) >= 11 is 12.2. The Kier molecular flexibility index (Phi) is 7.36. The number of halogens is 1. The molecule has 1 aliphatic rings. The van der Waals surface area contributed by atoms with Crippen LogP contribution in [-0.2, 0) is 20.9 Å². The first-order valence-corrected chi connectivity index (χ1v) is 10.4. The van der Waals surface area contributed by atoms with Gasteiger partial charge in [0.2, 0.25) is 0 Å². The van der Waals surface area contributed by atoms with E-state index in [2.05, 4.69) is 4.74 Å². The van der Waals surface area contributed by atoms with Gasteiger partial charge in [-0.05, 0) is 41.5 Å². The molecule has 0 radical (unpaired) electrons. The summed E-state index contributed by atoms with van der Waals surface area (Å²) in [6.45, 7) is 0.151. The number of carbonyl (C=O) groups excluding carboxylic acids is 2. The van der Waals surface area contributed by atoms with Gasteiger partial charge in [-0.2, -0.15) is 0 Å². The van der Waals surface area contributed by atoms with Gasteiger partial charge >= 0.3 is 5.97 Å². The van der Waals surface area contributed by atoms with Gasteiger partial charge in [0.25, 0.3) is 5.91 Å². The smallest absolute Gasteiger partial charge is 0.325 e. The molecule has 0 saturated carbocycles. The molecule has 6 nitrogen and oxygen atoms in total. The van der Waals surface area contributed by atoms with E-state index >= 15 is 0 Å². The average molecular weight is 464 g/mol. The number of benzene rings is 2. The Hall–Kier alpha value is -2.55. The highest BCUT2D eigenvalue weighted by atomic mass is 35.5. The molecule has 3 rings (SSSR count). The molecule has 156 valence electrons. The SMILES string of the molecule is COC(=O)CN1C(=O)/C(=C/c2ccc(OCc3ccc(Cl)cc3)c(OC)c2)SC1=S. The Balaban J connectivity index is 1.74. The van der Waals surface area contributed by atoms with E-state index in [0.29, 0.717) is 32.4 Å². The number of methoxy groups -OCH3 is 2. The minimum absolute atomic E-state index is 0.209. The highest BCUT2D eigenvalue weighted by molar-refractivity contribution is 8.26. The minimum Gasteiger partial charge on any atom is -0.493 e. The van der Waals surface area contributed by atoms with Gasteiger partial charge in [0.15, 0.2) is 11.5 Å². The molecule has 30 heavy (non-hydrogen) atoms. The minimum atomic E-state index is -0.531. The molecule has 9 heteroatoms. The number of esters is 1. The molecular formula is C21H18ClNO5S2. The van der Waals surface area contributed by atoms with Crippen LogP contribution in [0.25, 0.3) is 6.08 Å². The Morgan fingerprint density at radius 2 is 1.90 bits per heavy atom. The number of thioether (sulfide) groups is 1. The fourth-order valence-electron chi connectivity index (χ4n) is 2.62. The second-order valence-electron chi connectivity index (χ2n) is 6.17. The standard InChI is InChI=1S/C21H18ClNO5S2/c1-26-17-9-14(5-8-16(17)28-12-13-3-6-15(22)7-4-13)10-18-20(25)23(21(29)30-18)11-19(24)27-2/h3-10H,11-12H2,1-2H3/b18-10-. The van der Waals surface area contributed by atoms with Crippen LogP contribution in [0.3, 0.4) is 0 Å². The molecule has 2 aromatic carbocycles. The molecule has 1 fully saturated rings. The van der Waals surface area contributed by atoms with Gasteiger partial charge < -0.3 is 14.2 Å². The molecular weight excluding hydrogens is 446 g/mol. The molecule has 1 amide bonds. The Labute approximate surface area is 188 Å². The number of nitrogens with zero attached hydrogens (tertiary/aromatic N) is 1. The summed E-state index contributed by atoms with van der Waals surface area (Å²) in [5.41, 5.74) is 1.71. The molecule has 1 aliphatic heterocycles. The van der Waals surface area contributed by atoms with E-state index in [4.69, 9.17) is 33.3 Å². The highest BCUT2D eigenvalue weighted by Crippen LogP contribution is 2.35. The molecule has 0 unspecified atom stereocenters. The zero-order valence-electron chi connectivity index (χ0n) is 16.2. The Morgan fingerprint density at radius 1 is 1.17 bits per heavy atom. The summed E-state index contributed by atoms with van der Waals surface area (Å²) < 4.78 is 16.2. The van der Waals surface area contributed by atoms with Crippen molar-refractivity contribution in [3.63, 3.8) is 0 Å². The maximum atomic E-state index is 12.6. The first-order valence-electron chi connectivity index (χ1n) is 8.78. The lowest BCUT2D eigenvalue weighted by atomic mass is 10.1. The quantitative estimate of drug-likeness (QED) is 0.344. The van der Waals surface area contributed by atoms with Crippen LogP contribution in [0.2, 0.25) is 5.02 Å². The second-order valence-corrected chi connectivity index (χ2v) is 8.28. The molecule has 0 spiro atoms. The molecule has 2 aromatic rings. The second kappa shape index (κ2) is 9.97. The van der Waals surface area contributed by atoms with Crippen LogP contribution in [0.1, 0.15) is 11.1 Å². The average Bonchev–Trinajstić information content (AvgIpc) is 3.00. The lowest BCUT2D eigenvalue weighted by molar-refractivity contribution is -0.143. The van der Waals surface area contributed by atoms with Gasteiger partial charge in [-0.25, -0.2) is 0 Å². The lowest BCUT2D eigenvalue weighted by Gasteiger charge is -2.12. The lowest BCUT2D eigenvalue weighted by Crippen LogP contribution is -2.33. The predicted octanol–water partition coefficient (Wildman–Crippen LogP) is 4.30. The topological polar surface area (TPSA) is 65.1 Å². The normalized spacial score (nSPS) is 14.9. The number of amides is 1. The third kappa shape index (κ3) is 5.33. The van der Waals surface area contributed by atoms with Crippen molar-refractivity contribution >= 4 is 57.9 Å². The fraction of sp³-hybridized carbons (Fsp3) is 0.190. The number of ether oxygens (including phenoxy) is 3. The first-order chi connectivity index (χ1) is 14.4. The van der Waals surface area contributed by atoms with Crippen LogP contribution in [0.5, 0.6) is 11.5 Å². The van der Waals surface area contributed by atoms with Gasteiger partial charge in [-0.1, -0.05) is 53.8 Å². The summed E-state index contributed by atoms with van der Waals surface area (Å²) in [5, 5.41) is 0.665. The summed E-state index contributed by atoms with van der Waals surface area (Å²) in [5.74, 6) is 0.236. The van der Waals surface area contributed by atoms with Crippen LogP contribution in [-0.4, -0.2) is 41.9 Å². The van der Waals surface area contributed by atoms with Crippen molar-refractivity contribution in [3.8, 4) is 11.5 Å². The summed E-state index contributed by atoms with van der Waals surface area (Å²) in [7, 11) is 2.81. The number of hydrogen-bond acceptors (Lipinski definition) is 7. The molecule has 0 N–H and O–H groups in total. The highest BCUT2D eigenvalue weighted by Gasteiger charge is 2.33. The van der Waals surface area contributed by atoms with Crippen molar-refractivity contribution < 1.29 is 23.8 Å². The van der Waals surface area contributed by atoms with E-state index in [1.165, 1.54) is 12.0 Å². The third-order valence-corrected chi connectivity index (χ3v) is 5.81. The van der Waals surface area contributed by atoms with E-state index in [-0.39, 0.29) is 12.5 Å². The molecule has 0 bridgehead atoms. The van der Waals surface area contributed by atoms with Crippen molar-refractivity contribution in [2.24, 2.45) is 0 Å². The van der Waals surface area contributed by atoms with Gasteiger partial charge in [-0.3, -0.25) is 14.5 Å². The number of hydrogen-bond donors (Lipinski definition) is 0. The predicted molar refractivity (Wildman–Crippen MR) is 121 cm³/mol. The Morgan fingerprint density at radius 3 is 2.57 bits per heavy atom. The fourth-order valence-corrected chi connectivity index (χ4v) is 4.00. The maximum Gasteiger partial charge on any atom is 0.325 e. The number of rotatable bonds is 7. The molecule has 0 atom stereocenters. The maximum absolute atomic E-state index is 12.6. The number of carbonyl (C=O) groups is 2. The summed E-state index contributed by atoms with van der Waals surface area (Å²) in [4.78, 5) is 25.7. The van der Waals surface area contributed by atoms with Crippen LogP contribution < -0.4 is 9.47 Å². The van der Waals surface area contributed by atoms with Crippen molar-refractivity contribution in [2.45, 2.75) is 6.61 Å². The van der Waals surface area contributed by atoms with E-state index < -0.39 is 5.97 Å². The molecule has 0 aliphatic carbocycles. The van der Waals surface area contributed by atoms with E-state index in [1.54, 1.807) is 37.5 Å². The van der Waals surface area contributed by atoms with E-state index in [0.717, 1.165) is 22.9 Å². The van der Waals surface area contributed by atoms with Crippen molar-refractivity contribution in [1.29, 1.82) is 0 Å². The monoisotopic (exact) mass is 463 g/mol. The van der Waals surface area contributed by atoms with E-state index in [1.807, 2.05) is 18.2 Å². The van der Waals surface area contributed by atoms with Crippen LogP contribution in [0, 0.1) is 0 Å². The van der Waals surface area contributed by atoms with Gasteiger partial charge in [0.1, 0.15) is 17.5 Å². The van der Waals surface area contributed by atoms with Crippen LogP contribution >= 0.6 is 35.6 Å². The van der Waals surface area contributed by atoms with Crippen LogP contribution in [0.4, 0.5) is 0 Å². The third-order valence-electron chi connectivity index (χ3n) is 4.18. The van der Waals surface area contributed by atoms with Gasteiger partial charge in [0.05, 0.1) is 19.1 Å². The van der Waals surface area contributed by atoms with Gasteiger partial charge in [-0.15, -0.1) is 0 Å². The molecule has 0 aromatic heterocycles. The van der Waals surface area contributed by atoms with Crippen molar-refractivity contribution in [2.75, 3.05) is 20.8 Å². The van der Waals surface area contributed by atoms with E-state index in [9.17, 15) is 9.59 Å². The van der Waals surface area contributed by atoms with Gasteiger partial charge in [0, 0.05) is 5.02 Å². The van der Waals surface area contributed by atoms with Crippen molar-refractivity contribution in [1.82, 2.24) is 4.90 Å². The number of thiocarbonyl (C=S) groups is 1. The molecule has 1 saturated heterocycles. The zero-order valence-corrected chi connectivity index (χ0v) is 18.6. The summed E-state index contributed by atoms with van der Waals surface area (Å²) in [6, 6.07) is 12.7. The summed E-state index contributed by atoms with van der Waals surface area (Å²) in [6.07, 6.45) is 1.70. The molecule has 1 heterocycles. The Bertz CT molecular complexity index is 1010. The largest absolute Gasteiger partial charge is 0.493 e.